The summed E-state index contributed by atoms with van der Waals surface area (Å²) in [7, 11) is 3.74. The smallest absolute Gasteiger partial charge is 0.376 e. The standard InChI is InChI=1S/C19H17N3O6/c1-26-17(23)11-7-4-5-9-13(11)22-14-10-6-8-12(18(24)27-2)15(14)20-21-16(22)19(25)28-3/h4-10,20H,1-3H3. The van der Waals surface area contributed by atoms with E-state index >= 15 is 0 Å². The number of anilines is 3. The van der Waals surface area contributed by atoms with Gasteiger partial charge in [-0.1, -0.05) is 18.2 Å². The zero-order chi connectivity index (χ0) is 20.3. The lowest BCUT2D eigenvalue weighted by Gasteiger charge is -2.31. The molecule has 0 bridgehead atoms. The normalized spacial score (nSPS) is 12.2. The number of hydrazone groups is 1. The van der Waals surface area contributed by atoms with Crippen LogP contribution in [0.2, 0.25) is 0 Å². The van der Waals surface area contributed by atoms with Crippen molar-refractivity contribution in [3.63, 3.8) is 0 Å². The highest BCUT2D eigenvalue weighted by Crippen LogP contribution is 2.39. The molecule has 0 aromatic heterocycles. The van der Waals surface area contributed by atoms with E-state index in [1.807, 2.05) is 0 Å². The summed E-state index contributed by atoms with van der Waals surface area (Å²) in [6.07, 6.45) is 0. The Bertz CT molecular complexity index is 985. The molecule has 9 heteroatoms. The van der Waals surface area contributed by atoms with E-state index in [1.165, 1.54) is 26.2 Å². The molecular formula is C19H17N3O6. The van der Waals surface area contributed by atoms with Crippen molar-refractivity contribution >= 4 is 40.8 Å². The van der Waals surface area contributed by atoms with Crippen LogP contribution < -0.4 is 10.3 Å². The molecule has 0 saturated carbocycles. The first-order chi connectivity index (χ1) is 13.5. The van der Waals surface area contributed by atoms with Crippen molar-refractivity contribution in [2.24, 2.45) is 5.10 Å². The average Bonchev–Trinajstić information content (AvgIpc) is 2.76. The van der Waals surface area contributed by atoms with Crippen molar-refractivity contribution in [3.8, 4) is 0 Å². The zero-order valence-corrected chi connectivity index (χ0v) is 15.4. The number of amidine groups is 1. The molecule has 0 amide bonds. The fraction of sp³-hybridized carbons (Fsp3) is 0.158. The monoisotopic (exact) mass is 383 g/mol. The van der Waals surface area contributed by atoms with Gasteiger partial charge in [-0.05, 0) is 24.3 Å². The Morgan fingerprint density at radius 3 is 2.04 bits per heavy atom. The molecule has 144 valence electrons. The number of carbonyl (C=O) groups is 3. The minimum atomic E-state index is -0.735. The first-order valence-electron chi connectivity index (χ1n) is 8.14. The van der Waals surface area contributed by atoms with E-state index < -0.39 is 17.9 Å². The zero-order valence-electron chi connectivity index (χ0n) is 15.4. The van der Waals surface area contributed by atoms with Gasteiger partial charge in [-0.3, -0.25) is 10.3 Å². The number of nitrogens with zero attached hydrogens (tertiary/aromatic N) is 2. The molecule has 1 aliphatic heterocycles. The second-order valence-electron chi connectivity index (χ2n) is 5.57. The Hall–Kier alpha value is -3.88. The van der Waals surface area contributed by atoms with Gasteiger partial charge >= 0.3 is 17.9 Å². The SMILES string of the molecule is COC(=O)C1=NNc2c(C(=O)OC)cccc2N1c1ccccc1C(=O)OC. The van der Waals surface area contributed by atoms with Crippen molar-refractivity contribution in [2.45, 2.75) is 0 Å². The van der Waals surface area contributed by atoms with E-state index in [4.69, 9.17) is 14.2 Å². The van der Waals surface area contributed by atoms with Crippen LogP contribution in [0.15, 0.2) is 47.6 Å². The predicted octanol–water partition coefficient (Wildman–Crippen LogP) is 2.31. The molecule has 0 fully saturated rings. The van der Waals surface area contributed by atoms with Gasteiger partial charge in [-0.25, -0.2) is 14.4 Å². The summed E-state index contributed by atoms with van der Waals surface area (Å²) in [6, 6.07) is 11.4. The topological polar surface area (TPSA) is 107 Å². The molecule has 0 unspecified atom stereocenters. The Kier molecular flexibility index (Phi) is 5.25. The second kappa shape index (κ2) is 7.78. The van der Waals surface area contributed by atoms with Crippen LogP contribution in [0.1, 0.15) is 20.7 Å². The Labute approximate surface area is 160 Å². The number of rotatable bonds is 4. The fourth-order valence-electron chi connectivity index (χ4n) is 2.82. The summed E-state index contributed by atoms with van der Waals surface area (Å²) >= 11 is 0. The summed E-state index contributed by atoms with van der Waals surface area (Å²) in [6.45, 7) is 0. The van der Waals surface area contributed by atoms with Gasteiger partial charge in [0.2, 0.25) is 5.84 Å². The number of nitrogens with one attached hydrogen (secondary N) is 1. The number of hydrogen-bond donors (Lipinski definition) is 1. The lowest BCUT2D eigenvalue weighted by Crippen LogP contribution is -2.38. The summed E-state index contributed by atoms with van der Waals surface area (Å²) < 4.78 is 14.5. The summed E-state index contributed by atoms with van der Waals surface area (Å²) in [5, 5.41) is 4.06. The maximum absolute atomic E-state index is 12.3. The minimum absolute atomic E-state index is 0.117. The number of hydrogen-bond acceptors (Lipinski definition) is 9. The largest absolute Gasteiger partial charge is 0.465 e. The average molecular weight is 383 g/mol. The molecule has 2 aromatic carbocycles. The summed E-state index contributed by atoms with van der Waals surface area (Å²) in [5.74, 6) is -2.03. The molecular weight excluding hydrogens is 366 g/mol. The van der Waals surface area contributed by atoms with Crippen LogP contribution in [0.5, 0.6) is 0 Å². The van der Waals surface area contributed by atoms with Crippen LogP contribution in [-0.4, -0.2) is 45.1 Å². The molecule has 0 atom stereocenters. The number of benzene rings is 2. The van der Waals surface area contributed by atoms with Gasteiger partial charge in [0.15, 0.2) is 0 Å². The van der Waals surface area contributed by atoms with Crippen LogP contribution in [0.3, 0.4) is 0 Å². The van der Waals surface area contributed by atoms with E-state index in [-0.39, 0.29) is 17.0 Å². The Morgan fingerprint density at radius 2 is 1.36 bits per heavy atom. The number of ether oxygens (including phenoxy) is 3. The minimum Gasteiger partial charge on any atom is -0.465 e. The molecule has 0 spiro atoms. The van der Waals surface area contributed by atoms with E-state index in [0.717, 1.165) is 0 Å². The first-order valence-corrected chi connectivity index (χ1v) is 8.14. The lowest BCUT2D eigenvalue weighted by molar-refractivity contribution is -0.132. The summed E-state index contributed by atoms with van der Waals surface area (Å²) in [4.78, 5) is 38.2. The molecule has 1 aliphatic rings. The van der Waals surface area contributed by atoms with Gasteiger partial charge < -0.3 is 14.2 Å². The molecule has 0 radical (unpaired) electrons. The molecule has 3 rings (SSSR count). The van der Waals surface area contributed by atoms with Crippen molar-refractivity contribution in [1.82, 2.24) is 0 Å². The molecule has 28 heavy (non-hydrogen) atoms. The first kappa shape index (κ1) is 18.9. The number of fused-ring (bicyclic) bond motifs is 1. The maximum atomic E-state index is 12.3. The highest BCUT2D eigenvalue weighted by atomic mass is 16.5. The number of para-hydroxylation sites is 2. The Morgan fingerprint density at radius 1 is 0.786 bits per heavy atom. The van der Waals surface area contributed by atoms with E-state index in [0.29, 0.717) is 17.1 Å². The Balaban J connectivity index is 2.27. The van der Waals surface area contributed by atoms with Crippen molar-refractivity contribution in [1.29, 1.82) is 0 Å². The van der Waals surface area contributed by atoms with Crippen LogP contribution >= 0.6 is 0 Å². The van der Waals surface area contributed by atoms with Crippen LogP contribution in [0, 0.1) is 0 Å². The predicted molar refractivity (Wildman–Crippen MR) is 101 cm³/mol. The van der Waals surface area contributed by atoms with E-state index in [2.05, 4.69) is 10.5 Å². The molecule has 9 nitrogen and oxygen atoms in total. The van der Waals surface area contributed by atoms with Crippen molar-refractivity contribution < 1.29 is 28.6 Å². The number of carbonyl (C=O) groups excluding carboxylic acids is 3. The van der Waals surface area contributed by atoms with Crippen LogP contribution in [-0.2, 0) is 19.0 Å². The quantitative estimate of drug-likeness (QED) is 0.633. The molecule has 1 heterocycles. The second-order valence-corrected chi connectivity index (χ2v) is 5.57. The van der Waals surface area contributed by atoms with Gasteiger partial charge in [0.25, 0.3) is 0 Å². The maximum Gasteiger partial charge on any atom is 0.376 e. The third-order valence-corrected chi connectivity index (χ3v) is 4.09. The highest BCUT2D eigenvalue weighted by Gasteiger charge is 2.33. The third-order valence-electron chi connectivity index (χ3n) is 4.09. The van der Waals surface area contributed by atoms with E-state index in [1.54, 1.807) is 42.5 Å². The molecule has 1 N–H and O–H groups in total. The highest BCUT2D eigenvalue weighted by molar-refractivity contribution is 6.44. The van der Waals surface area contributed by atoms with Crippen LogP contribution in [0.25, 0.3) is 0 Å². The number of methoxy groups -OCH3 is 3. The van der Waals surface area contributed by atoms with Crippen molar-refractivity contribution in [2.75, 3.05) is 31.7 Å². The summed E-state index contributed by atoms with van der Waals surface area (Å²) in [5.41, 5.74) is 4.19. The molecule has 0 saturated heterocycles. The van der Waals surface area contributed by atoms with Crippen LogP contribution in [0.4, 0.5) is 17.1 Å². The molecule has 0 aliphatic carbocycles. The van der Waals surface area contributed by atoms with Gasteiger partial charge in [0, 0.05) is 0 Å². The molecule has 2 aromatic rings. The van der Waals surface area contributed by atoms with E-state index in [9.17, 15) is 14.4 Å². The van der Waals surface area contributed by atoms with Gasteiger partial charge in [0.05, 0.1) is 49.5 Å². The lowest BCUT2D eigenvalue weighted by atomic mass is 10.1. The third kappa shape index (κ3) is 3.13. The van der Waals surface area contributed by atoms with Gasteiger partial charge in [0.1, 0.15) is 0 Å². The van der Waals surface area contributed by atoms with Gasteiger partial charge in [-0.2, -0.15) is 0 Å². The van der Waals surface area contributed by atoms with Gasteiger partial charge in [-0.15, -0.1) is 5.10 Å². The fourth-order valence-corrected chi connectivity index (χ4v) is 2.82. The number of esters is 3. The van der Waals surface area contributed by atoms with Crippen molar-refractivity contribution in [3.05, 3.63) is 53.6 Å².